The highest BCUT2D eigenvalue weighted by Gasteiger charge is 2.11. The molecule has 19 heavy (non-hydrogen) atoms. The zero-order valence-corrected chi connectivity index (χ0v) is 11.2. The Hall–Kier alpha value is -1.87. The summed E-state index contributed by atoms with van der Waals surface area (Å²) in [5, 5.41) is 9.29. The summed E-state index contributed by atoms with van der Waals surface area (Å²) in [7, 11) is 1.90. The minimum absolute atomic E-state index is 0.292. The molecule has 0 unspecified atom stereocenters. The zero-order chi connectivity index (χ0) is 13.8. The number of aryl methyl sites for hydroxylation is 1. The molecular weight excluding hydrogens is 241 g/mol. The summed E-state index contributed by atoms with van der Waals surface area (Å²) in [6, 6.07) is 13.1. The molecule has 2 aromatic rings. The molecule has 0 aliphatic carbocycles. The number of aliphatic hydroxyl groups excluding tert-OH is 1. The Morgan fingerprint density at radius 3 is 2.58 bits per heavy atom. The van der Waals surface area contributed by atoms with Gasteiger partial charge >= 0.3 is 0 Å². The molecule has 0 fully saturated rings. The lowest BCUT2D eigenvalue weighted by Gasteiger charge is -2.22. The molecule has 0 saturated carbocycles. The van der Waals surface area contributed by atoms with E-state index in [0.717, 1.165) is 11.3 Å². The van der Waals surface area contributed by atoms with Gasteiger partial charge in [0.1, 0.15) is 5.82 Å². The van der Waals surface area contributed by atoms with Gasteiger partial charge in [0, 0.05) is 24.8 Å². The molecule has 3 heteroatoms. The second kappa shape index (κ2) is 5.85. The first-order valence-corrected chi connectivity index (χ1v) is 6.26. The van der Waals surface area contributed by atoms with Crippen LogP contribution in [0.1, 0.15) is 16.7 Å². The van der Waals surface area contributed by atoms with Crippen LogP contribution in [0.25, 0.3) is 0 Å². The van der Waals surface area contributed by atoms with E-state index in [1.54, 1.807) is 6.07 Å². The van der Waals surface area contributed by atoms with Crippen LogP contribution in [0.3, 0.4) is 0 Å². The lowest BCUT2D eigenvalue weighted by atomic mass is 10.1. The fraction of sp³-hybridized carbons (Fsp3) is 0.250. The van der Waals surface area contributed by atoms with Gasteiger partial charge in [0.05, 0.1) is 6.61 Å². The summed E-state index contributed by atoms with van der Waals surface area (Å²) in [4.78, 5) is 1.95. The highest BCUT2D eigenvalue weighted by atomic mass is 19.1. The Morgan fingerprint density at radius 2 is 1.89 bits per heavy atom. The van der Waals surface area contributed by atoms with Crippen LogP contribution in [-0.4, -0.2) is 12.2 Å². The first-order valence-electron chi connectivity index (χ1n) is 6.26. The van der Waals surface area contributed by atoms with E-state index in [1.165, 1.54) is 11.6 Å². The van der Waals surface area contributed by atoms with Crippen LogP contribution in [0.5, 0.6) is 0 Å². The van der Waals surface area contributed by atoms with Gasteiger partial charge in [0.25, 0.3) is 0 Å². The largest absolute Gasteiger partial charge is 0.391 e. The Kier molecular flexibility index (Phi) is 4.17. The lowest BCUT2D eigenvalue weighted by Crippen LogP contribution is -2.18. The molecular formula is C16H18FNO. The minimum atomic E-state index is -0.365. The van der Waals surface area contributed by atoms with Crippen LogP contribution in [-0.2, 0) is 13.2 Å². The van der Waals surface area contributed by atoms with E-state index in [-0.39, 0.29) is 12.4 Å². The Morgan fingerprint density at radius 1 is 1.16 bits per heavy atom. The van der Waals surface area contributed by atoms with Gasteiger partial charge in [-0.15, -0.1) is 0 Å². The van der Waals surface area contributed by atoms with Crippen molar-refractivity contribution in [2.24, 2.45) is 0 Å². The second-order valence-electron chi connectivity index (χ2n) is 4.74. The fourth-order valence-corrected chi connectivity index (χ4v) is 2.23. The zero-order valence-electron chi connectivity index (χ0n) is 11.2. The summed E-state index contributed by atoms with van der Waals surface area (Å²) in [6.07, 6.45) is 0. The minimum Gasteiger partial charge on any atom is -0.391 e. The van der Waals surface area contributed by atoms with Gasteiger partial charge < -0.3 is 10.0 Å². The third kappa shape index (κ3) is 3.12. The molecule has 1 N–H and O–H groups in total. The SMILES string of the molecule is Cc1cccc(CN(C)c2cccc(F)c2CO)c1. The molecule has 0 aliphatic rings. The van der Waals surface area contributed by atoms with E-state index in [9.17, 15) is 9.50 Å². The molecule has 2 rings (SSSR count). The number of rotatable bonds is 4. The van der Waals surface area contributed by atoms with Crippen LogP contribution >= 0.6 is 0 Å². The Bertz CT molecular complexity index is 568. The predicted molar refractivity (Wildman–Crippen MR) is 75.6 cm³/mol. The van der Waals surface area contributed by atoms with Crippen LogP contribution in [0.4, 0.5) is 10.1 Å². The first-order chi connectivity index (χ1) is 9.11. The molecule has 0 amide bonds. The van der Waals surface area contributed by atoms with Crippen molar-refractivity contribution in [1.29, 1.82) is 0 Å². The molecule has 0 atom stereocenters. The van der Waals surface area contributed by atoms with E-state index >= 15 is 0 Å². The number of benzene rings is 2. The van der Waals surface area contributed by atoms with Crippen LogP contribution in [0.15, 0.2) is 42.5 Å². The van der Waals surface area contributed by atoms with Crippen molar-refractivity contribution in [2.75, 3.05) is 11.9 Å². The molecule has 0 saturated heterocycles. The molecule has 100 valence electrons. The van der Waals surface area contributed by atoms with E-state index in [1.807, 2.05) is 43.1 Å². The summed E-state index contributed by atoms with van der Waals surface area (Å²) in [5.74, 6) is -0.365. The summed E-state index contributed by atoms with van der Waals surface area (Å²) in [6.45, 7) is 2.43. The van der Waals surface area contributed by atoms with Gasteiger partial charge in [-0.25, -0.2) is 4.39 Å². The molecule has 0 bridgehead atoms. The molecule has 0 aliphatic heterocycles. The van der Waals surface area contributed by atoms with E-state index in [4.69, 9.17) is 0 Å². The van der Waals surface area contributed by atoms with Gasteiger partial charge in [-0.1, -0.05) is 35.9 Å². The number of aliphatic hydroxyl groups is 1. The third-order valence-corrected chi connectivity index (χ3v) is 3.17. The number of halogens is 1. The van der Waals surface area contributed by atoms with Crippen molar-refractivity contribution in [1.82, 2.24) is 0 Å². The maximum atomic E-state index is 13.6. The van der Waals surface area contributed by atoms with Gasteiger partial charge in [0.2, 0.25) is 0 Å². The van der Waals surface area contributed by atoms with Crippen molar-refractivity contribution >= 4 is 5.69 Å². The molecule has 2 nitrogen and oxygen atoms in total. The number of hydrogen-bond acceptors (Lipinski definition) is 2. The monoisotopic (exact) mass is 259 g/mol. The Labute approximate surface area is 113 Å². The fourth-order valence-electron chi connectivity index (χ4n) is 2.23. The topological polar surface area (TPSA) is 23.5 Å². The number of nitrogens with zero attached hydrogens (tertiary/aromatic N) is 1. The van der Waals surface area contributed by atoms with Crippen molar-refractivity contribution in [2.45, 2.75) is 20.1 Å². The second-order valence-corrected chi connectivity index (χ2v) is 4.74. The maximum absolute atomic E-state index is 13.6. The van der Waals surface area contributed by atoms with Gasteiger partial charge in [-0.2, -0.15) is 0 Å². The van der Waals surface area contributed by atoms with Crippen molar-refractivity contribution in [3.8, 4) is 0 Å². The number of anilines is 1. The first kappa shape index (κ1) is 13.6. The molecule has 0 heterocycles. The normalized spacial score (nSPS) is 10.5. The molecule has 0 radical (unpaired) electrons. The molecule has 0 spiro atoms. The lowest BCUT2D eigenvalue weighted by molar-refractivity contribution is 0.276. The summed E-state index contributed by atoms with van der Waals surface area (Å²) < 4.78 is 13.6. The highest BCUT2D eigenvalue weighted by molar-refractivity contribution is 5.53. The third-order valence-electron chi connectivity index (χ3n) is 3.17. The highest BCUT2D eigenvalue weighted by Crippen LogP contribution is 2.23. The van der Waals surface area contributed by atoms with Crippen LogP contribution in [0.2, 0.25) is 0 Å². The maximum Gasteiger partial charge on any atom is 0.130 e. The summed E-state index contributed by atoms with van der Waals surface area (Å²) in [5.41, 5.74) is 3.44. The quantitative estimate of drug-likeness (QED) is 0.911. The van der Waals surface area contributed by atoms with Gasteiger partial charge in [-0.05, 0) is 24.6 Å². The summed E-state index contributed by atoms with van der Waals surface area (Å²) >= 11 is 0. The predicted octanol–water partition coefficient (Wildman–Crippen LogP) is 3.26. The van der Waals surface area contributed by atoms with E-state index < -0.39 is 0 Å². The van der Waals surface area contributed by atoms with Crippen molar-refractivity contribution in [3.05, 3.63) is 65.0 Å². The van der Waals surface area contributed by atoms with Crippen LogP contribution in [0, 0.1) is 12.7 Å². The van der Waals surface area contributed by atoms with Gasteiger partial charge in [0.15, 0.2) is 0 Å². The molecule has 2 aromatic carbocycles. The van der Waals surface area contributed by atoms with E-state index in [2.05, 4.69) is 6.07 Å². The van der Waals surface area contributed by atoms with Crippen molar-refractivity contribution in [3.63, 3.8) is 0 Å². The Balaban J connectivity index is 2.25. The molecule has 0 aromatic heterocycles. The van der Waals surface area contributed by atoms with Crippen LogP contribution < -0.4 is 4.90 Å². The smallest absolute Gasteiger partial charge is 0.130 e. The standard InChI is InChI=1S/C16H18FNO/c1-12-5-3-6-13(9-12)10-18(2)16-8-4-7-15(17)14(16)11-19/h3-9,19H,10-11H2,1-2H3. The van der Waals surface area contributed by atoms with Crippen molar-refractivity contribution < 1.29 is 9.50 Å². The average molecular weight is 259 g/mol. The van der Waals surface area contributed by atoms with E-state index in [0.29, 0.717) is 12.1 Å². The van der Waals surface area contributed by atoms with Gasteiger partial charge in [-0.3, -0.25) is 0 Å². The average Bonchev–Trinajstić information content (AvgIpc) is 2.38. The number of hydrogen-bond donors (Lipinski definition) is 1.